The topological polar surface area (TPSA) is 54.4 Å². The zero-order valence-electron chi connectivity index (χ0n) is 12.5. The van der Waals surface area contributed by atoms with Gasteiger partial charge in [-0.15, -0.1) is 0 Å². The van der Waals surface area contributed by atoms with Crippen LogP contribution in [-0.2, 0) is 0 Å². The third-order valence-electron chi connectivity index (χ3n) is 3.24. The normalized spacial score (nSPS) is 11.5. The molecule has 21 heavy (non-hydrogen) atoms. The Hall–Kier alpha value is -2.49. The van der Waals surface area contributed by atoms with Crippen LogP contribution in [0.15, 0.2) is 53.9 Å². The summed E-state index contributed by atoms with van der Waals surface area (Å²) in [4.78, 5) is 15.8. The van der Waals surface area contributed by atoms with E-state index >= 15 is 0 Å². The molecule has 1 N–H and O–H groups in total. The lowest BCUT2D eigenvalue weighted by atomic mass is 10.0. The summed E-state index contributed by atoms with van der Waals surface area (Å²) in [5, 5.41) is 4.13. The van der Waals surface area contributed by atoms with Crippen molar-refractivity contribution < 1.29 is 4.79 Å². The molecule has 0 bridgehead atoms. The van der Waals surface area contributed by atoms with Gasteiger partial charge in [0.05, 0.1) is 11.3 Å². The molecule has 2 rings (SSSR count). The van der Waals surface area contributed by atoms with Gasteiger partial charge in [0.25, 0.3) is 5.91 Å². The molecule has 108 valence electrons. The maximum Gasteiger partial charge on any atom is 0.272 e. The summed E-state index contributed by atoms with van der Waals surface area (Å²) in [6.07, 6.45) is 3.14. The molecule has 0 fully saturated rings. The summed E-state index contributed by atoms with van der Waals surface area (Å²) in [5.74, 6) is 0.239. The fourth-order valence-corrected chi connectivity index (χ4v) is 1.87. The Morgan fingerprint density at radius 2 is 1.86 bits per heavy atom. The number of pyridine rings is 1. The predicted octanol–water partition coefficient (Wildman–Crippen LogP) is 3.36. The third-order valence-corrected chi connectivity index (χ3v) is 3.24. The average Bonchev–Trinajstić information content (AvgIpc) is 2.53. The second-order valence-electron chi connectivity index (χ2n) is 5.16. The van der Waals surface area contributed by atoms with Gasteiger partial charge in [0.15, 0.2) is 0 Å². The van der Waals surface area contributed by atoms with E-state index < -0.39 is 0 Å². The van der Waals surface area contributed by atoms with Gasteiger partial charge in [-0.1, -0.05) is 38.1 Å². The highest BCUT2D eigenvalue weighted by Crippen LogP contribution is 2.15. The Balaban J connectivity index is 2.05. The summed E-state index contributed by atoms with van der Waals surface area (Å²) >= 11 is 0. The van der Waals surface area contributed by atoms with E-state index in [-0.39, 0.29) is 5.91 Å². The van der Waals surface area contributed by atoms with E-state index in [4.69, 9.17) is 0 Å². The van der Waals surface area contributed by atoms with E-state index in [1.807, 2.05) is 19.1 Å². The molecule has 0 aliphatic carbocycles. The minimum Gasteiger partial charge on any atom is -0.267 e. The Bertz CT molecular complexity index is 631. The second kappa shape index (κ2) is 6.79. The van der Waals surface area contributed by atoms with Gasteiger partial charge < -0.3 is 0 Å². The number of hydrogen-bond acceptors (Lipinski definition) is 3. The summed E-state index contributed by atoms with van der Waals surface area (Å²) in [7, 11) is 0. The van der Waals surface area contributed by atoms with Crippen LogP contribution in [0.3, 0.4) is 0 Å². The van der Waals surface area contributed by atoms with Crippen molar-refractivity contribution in [3.8, 4) is 0 Å². The third kappa shape index (κ3) is 3.99. The lowest BCUT2D eigenvalue weighted by Crippen LogP contribution is -2.19. The largest absolute Gasteiger partial charge is 0.272 e. The first-order valence-corrected chi connectivity index (χ1v) is 6.93. The molecule has 0 aliphatic heterocycles. The molecule has 0 atom stereocenters. The number of carbonyl (C=O) groups excluding carboxylic acids is 1. The minimum absolute atomic E-state index is 0.263. The van der Waals surface area contributed by atoms with Crippen LogP contribution in [0.1, 0.15) is 48.2 Å². The van der Waals surface area contributed by atoms with Gasteiger partial charge in [-0.3, -0.25) is 9.78 Å². The summed E-state index contributed by atoms with van der Waals surface area (Å²) in [5.41, 5.74) is 6.07. The first kappa shape index (κ1) is 14.9. The second-order valence-corrected chi connectivity index (χ2v) is 5.16. The number of benzene rings is 1. The number of carbonyl (C=O) groups is 1. The Morgan fingerprint density at radius 1 is 1.14 bits per heavy atom. The first-order valence-electron chi connectivity index (χ1n) is 6.93. The van der Waals surface area contributed by atoms with Gasteiger partial charge in [-0.05, 0) is 36.1 Å². The molecule has 1 heterocycles. The van der Waals surface area contributed by atoms with Crippen molar-refractivity contribution in [3.05, 3.63) is 65.5 Å². The maximum atomic E-state index is 11.9. The van der Waals surface area contributed by atoms with Gasteiger partial charge >= 0.3 is 0 Å². The van der Waals surface area contributed by atoms with Crippen LogP contribution >= 0.6 is 0 Å². The highest BCUT2D eigenvalue weighted by Gasteiger charge is 2.05. The van der Waals surface area contributed by atoms with Crippen LogP contribution in [0, 0.1) is 0 Å². The molecule has 1 aromatic heterocycles. The molecular weight excluding hydrogens is 262 g/mol. The van der Waals surface area contributed by atoms with Gasteiger partial charge in [-0.2, -0.15) is 5.10 Å². The zero-order chi connectivity index (χ0) is 15.2. The van der Waals surface area contributed by atoms with E-state index in [1.165, 1.54) is 11.8 Å². The molecule has 0 saturated heterocycles. The number of amides is 1. The number of nitrogens with zero attached hydrogens (tertiary/aromatic N) is 2. The number of nitrogens with one attached hydrogen (secondary N) is 1. The van der Waals surface area contributed by atoms with Crippen LogP contribution in [-0.4, -0.2) is 16.6 Å². The highest BCUT2D eigenvalue weighted by atomic mass is 16.2. The number of aromatic nitrogens is 1. The standard InChI is InChI=1S/C17H19N3O/c1-12(2)14-6-8-15(9-7-14)13(3)19-20-17(21)16-5-4-10-18-11-16/h4-12H,1-3H3,(H,20,21)/b19-13+. The molecule has 0 aliphatic rings. The van der Waals surface area contributed by atoms with E-state index in [9.17, 15) is 4.79 Å². The molecular formula is C17H19N3O. The number of hydrazone groups is 1. The van der Waals surface area contributed by atoms with E-state index in [1.54, 1.807) is 18.3 Å². The van der Waals surface area contributed by atoms with Crippen LogP contribution < -0.4 is 5.43 Å². The highest BCUT2D eigenvalue weighted by molar-refractivity contribution is 6.00. The van der Waals surface area contributed by atoms with Crippen LogP contribution in [0.5, 0.6) is 0 Å². The van der Waals surface area contributed by atoms with Crippen LogP contribution in [0.25, 0.3) is 0 Å². The molecule has 0 saturated carbocycles. The van der Waals surface area contributed by atoms with E-state index in [0.717, 1.165) is 11.3 Å². The molecule has 4 nitrogen and oxygen atoms in total. The van der Waals surface area contributed by atoms with Crippen molar-refractivity contribution in [1.29, 1.82) is 0 Å². The molecule has 1 amide bonds. The fraction of sp³-hybridized carbons (Fsp3) is 0.235. The van der Waals surface area contributed by atoms with Crippen LogP contribution in [0.4, 0.5) is 0 Å². The Labute approximate surface area is 124 Å². The first-order chi connectivity index (χ1) is 10.1. The van der Waals surface area contributed by atoms with Crippen LogP contribution in [0.2, 0.25) is 0 Å². The minimum atomic E-state index is -0.263. The quantitative estimate of drug-likeness (QED) is 0.690. The van der Waals surface area contributed by atoms with Crippen molar-refractivity contribution >= 4 is 11.6 Å². The van der Waals surface area contributed by atoms with Gasteiger partial charge in [0.2, 0.25) is 0 Å². The Kier molecular flexibility index (Phi) is 4.82. The molecule has 4 heteroatoms. The molecule has 1 aromatic carbocycles. The fourth-order valence-electron chi connectivity index (χ4n) is 1.87. The van der Waals surface area contributed by atoms with E-state index in [0.29, 0.717) is 11.5 Å². The number of rotatable bonds is 4. The average molecular weight is 281 g/mol. The molecule has 0 radical (unpaired) electrons. The molecule has 0 spiro atoms. The van der Waals surface area contributed by atoms with Gasteiger partial charge in [0, 0.05) is 12.4 Å². The van der Waals surface area contributed by atoms with Crippen molar-refractivity contribution in [2.75, 3.05) is 0 Å². The predicted molar refractivity (Wildman–Crippen MR) is 84.4 cm³/mol. The van der Waals surface area contributed by atoms with Crippen molar-refractivity contribution in [3.63, 3.8) is 0 Å². The smallest absolute Gasteiger partial charge is 0.267 e. The maximum absolute atomic E-state index is 11.9. The van der Waals surface area contributed by atoms with Gasteiger partial charge in [-0.25, -0.2) is 5.43 Å². The van der Waals surface area contributed by atoms with E-state index in [2.05, 4.69) is 41.5 Å². The zero-order valence-corrected chi connectivity index (χ0v) is 12.5. The SMILES string of the molecule is C/C(=N\NC(=O)c1cccnc1)c1ccc(C(C)C)cc1. The number of hydrogen-bond donors (Lipinski definition) is 1. The summed E-state index contributed by atoms with van der Waals surface area (Å²) in [6.45, 7) is 6.18. The summed E-state index contributed by atoms with van der Waals surface area (Å²) < 4.78 is 0. The van der Waals surface area contributed by atoms with Gasteiger partial charge in [0.1, 0.15) is 0 Å². The Morgan fingerprint density at radius 3 is 2.43 bits per heavy atom. The summed E-state index contributed by atoms with van der Waals surface area (Å²) in [6, 6.07) is 11.6. The molecule has 0 unspecified atom stereocenters. The lowest BCUT2D eigenvalue weighted by molar-refractivity contribution is 0.0954. The van der Waals surface area contributed by atoms with Crippen molar-refractivity contribution in [2.24, 2.45) is 5.10 Å². The lowest BCUT2D eigenvalue weighted by Gasteiger charge is -2.07. The monoisotopic (exact) mass is 281 g/mol. The van der Waals surface area contributed by atoms with Crippen molar-refractivity contribution in [2.45, 2.75) is 26.7 Å². The molecule has 2 aromatic rings. The van der Waals surface area contributed by atoms with Crippen molar-refractivity contribution in [1.82, 2.24) is 10.4 Å².